The standard InChI is InChI=1S/C26H19ClO2/c27-21-14-12-18(13-15-21)16-19-6-1-3-8-23(19)28-25-10-5-11-26-22(25)17-20-7-2-4-9-24(20)29-26/h1-15H,16-17H2. The summed E-state index contributed by atoms with van der Waals surface area (Å²) in [4.78, 5) is 0. The van der Waals surface area contributed by atoms with E-state index in [-0.39, 0.29) is 0 Å². The zero-order valence-electron chi connectivity index (χ0n) is 15.8. The van der Waals surface area contributed by atoms with Crippen molar-refractivity contribution in [2.45, 2.75) is 12.8 Å². The topological polar surface area (TPSA) is 18.5 Å². The molecule has 2 nitrogen and oxygen atoms in total. The van der Waals surface area contributed by atoms with Gasteiger partial charge in [-0.05, 0) is 53.1 Å². The number of para-hydroxylation sites is 2. The lowest BCUT2D eigenvalue weighted by Crippen LogP contribution is -2.05. The van der Waals surface area contributed by atoms with Crippen molar-refractivity contribution < 1.29 is 9.47 Å². The highest BCUT2D eigenvalue weighted by molar-refractivity contribution is 6.30. The van der Waals surface area contributed by atoms with Crippen LogP contribution in [0.25, 0.3) is 0 Å². The molecule has 0 saturated carbocycles. The zero-order chi connectivity index (χ0) is 19.6. The molecule has 0 bridgehead atoms. The van der Waals surface area contributed by atoms with Crippen molar-refractivity contribution in [3.8, 4) is 23.0 Å². The molecule has 0 atom stereocenters. The van der Waals surface area contributed by atoms with E-state index in [1.54, 1.807) is 0 Å². The van der Waals surface area contributed by atoms with Crippen LogP contribution in [0.5, 0.6) is 23.0 Å². The van der Waals surface area contributed by atoms with Gasteiger partial charge in [-0.25, -0.2) is 0 Å². The molecular weight excluding hydrogens is 380 g/mol. The van der Waals surface area contributed by atoms with Crippen LogP contribution in [0.15, 0.2) is 91.0 Å². The highest BCUT2D eigenvalue weighted by atomic mass is 35.5. The molecule has 0 saturated heterocycles. The van der Waals surface area contributed by atoms with Crippen molar-refractivity contribution in [1.29, 1.82) is 0 Å². The molecule has 1 aliphatic heterocycles. The van der Waals surface area contributed by atoms with Crippen LogP contribution in [0.1, 0.15) is 22.3 Å². The van der Waals surface area contributed by atoms with E-state index in [1.165, 1.54) is 11.1 Å². The number of hydrogen-bond donors (Lipinski definition) is 0. The summed E-state index contributed by atoms with van der Waals surface area (Å²) in [5.41, 5.74) is 4.57. The first-order chi connectivity index (χ1) is 14.3. The molecule has 1 aliphatic rings. The molecule has 0 radical (unpaired) electrons. The fourth-order valence-electron chi connectivity index (χ4n) is 3.66. The zero-order valence-corrected chi connectivity index (χ0v) is 16.5. The average Bonchev–Trinajstić information content (AvgIpc) is 2.75. The molecular formula is C26H19ClO2. The van der Waals surface area contributed by atoms with Crippen molar-refractivity contribution >= 4 is 11.6 Å². The fraction of sp³-hybridized carbons (Fsp3) is 0.0769. The third-order valence-electron chi connectivity index (χ3n) is 5.15. The van der Waals surface area contributed by atoms with Gasteiger partial charge in [0.05, 0.1) is 0 Å². The Kier molecular flexibility index (Phi) is 4.71. The largest absolute Gasteiger partial charge is 0.457 e. The van der Waals surface area contributed by atoms with Crippen molar-refractivity contribution in [3.05, 3.63) is 118 Å². The first-order valence-corrected chi connectivity index (χ1v) is 10.0. The predicted molar refractivity (Wildman–Crippen MR) is 117 cm³/mol. The summed E-state index contributed by atoms with van der Waals surface area (Å²) >= 11 is 6.02. The number of fused-ring (bicyclic) bond motifs is 2. The summed E-state index contributed by atoms with van der Waals surface area (Å²) < 4.78 is 12.5. The van der Waals surface area contributed by atoms with E-state index < -0.39 is 0 Å². The number of ether oxygens (including phenoxy) is 2. The van der Waals surface area contributed by atoms with Crippen LogP contribution in [0, 0.1) is 0 Å². The molecule has 0 spiro atoms. The third kappa shape index (κ3) is 3.72. The maximum atomic E-state index is 6.41. The molecule has 142 valence electrons. The smallest absolute Gasteiger partial charge is 0.134 e. The van der Waals surface area contributed by atoms with Gasteiger partial charge in [-0.1, -0.05) is 66.2 Å². The first kappa shape index (κ1) is 17.8. The second-order valence-electron chi connectivity index (χ2n) is 7.13. The monoisotopic (exact) mass is 398 g/mol. The first-order valence-electron chi connectivity index (χ1n) is 9.64. The van der Waals surface area contributed by atoms with Crippen LogP contribution in [-0.2, 0) is 12.8 Å². The average molecular weight is 399 g/mol. The molecule has 5 rings (SSSR count). The summed E-state index contributed by atoms with van der Waals surface area (Å²) in [7, 11) is 0. The van der Waals surface area contributed by atoms with E-state index in [9.17, 15) is 0 Å². The molecule has 0 N–H and O–H groups in total. The van der Waals surface area contributed by atoms with Gasteiger partial charge in [0.25, 0.3) is 0 Å². The summed E-state index contributed by atoms with van der Waals surface area (Å²) in [6.45, 7) is 0. The van der Waals surface area contributed by atoms with Gasteiger partial charge in [-0.15, -0.1) is 0 Å². The van der Waals surface area contributed by atoms with Crippen LogP contribution < -0.4 is 9.47 Å². The minimum Gasteiger partial charge on any atom is -0.457 e. The Morgan fingerprint density at radius 3 is 2.34 bits per heavy atom. The van der Waals surface area contributed by atoms with Crippen LogP contribution >= 0.6 is 11.6 Å². The Morgan fingerprint density at radius 2 is 1.45 bits per heavy atom. The van der Waals surface area contributed by atoms with Crippen LogP contribution in [0.2, 0.25) is 5.02 Å². The molecule has 0 unspecified atom stereocenters. The van der Waals surface area contributed by atoms with Gasteiger partial charge in [0.2, 0.25) is 0 Å². The van der Waals surface area contributed by atoms with E-state index in [1.807, 2.05) is 78.9 Å². The predicted octanol–water partition coefficient (Wildman–Crippen LogP) is 7.42. The molecule has 0 aromatic heterocycles. The second kappa shape index (κ2) is 7.65. The molecule has 29 heavy (non-hydrogen) atoms. The van der Waals surface area contributed by atoms with E-state index in [0.717, 1.165) is 52.0 Å². The highest BCUT2D eigenvalue weighted by Gasteiger charge is 2.20. The molecule has 0 amide bonds. The Labute approximate surface area is 175 Å². The fourth-order valence-corrected chi connectivity index (χ4v) is 3.79. The van der Waals surface area contributed by atoms with Crippen molar-refractivity contribution in [1.82, 2.24) is 0 Å². The van der Waals surface area contributed by atoms with E-state index in [4.69, 9.17) is 21.1 Å². The lowest BCUT2D eigenvalue weighted by molar-refractivity contribution is 0.435. The van der Waals surface area contributed by atoms with Gasteiger partial charge in [0.15, 0.2) is 0 Å². The summed E-state index contributed by atoms with van der Waals surface area (Å²) in [5.74, 6) is 3.46. The van der Waals surface area contributed by atoms with Gasteiger partial charge >= 0.3 is 0 Å². The SMILES string of the molecule is Clc1ccc(Cc2ccccc2Oc2cccc3c2Cc2ccccc2O3)cc1. The number of hydrogen-bond acceptors (Lipinski definition) is 2. The Morgan fingerprint density at radius 1 is 0.724 bits per heavy atom. The van der Waals surface area contributed by atoms with E-state index >= 15 is 0 Å². The molecule has 3 heteroatoms. The second-order valence-corrected chi connectivity index (χ2v) is 7.57. The van der Waals surface area contributed by atoms with E-state index in [2.05, 4.69) is 12.1 Å². The van der Waals surface area contributed by atoms with Gasteiger partial charge in [-0.3, -0.25) is 0 Å². The Hall–Kier alpha value is -3.23. The number of benzene rings is 4. The minimum atomic E-state index is 0.745. The highest BCUT2D eigenvalue weighted by Crippen LogP contribution is 2.42. The minimum absolute atomic E-state index is 0.745. The third-order valence-corrected chi connectivity index (χ3v) is 5.40. The molecule has 1 heterocycles. The van der Waals surface area contributed by atoms with Gasteiger partial charge in [0.1, 0.15) is 23.0 Å². The molecule has 4 aromatic rings. The van der Waals surface area contributed by atoms with Crippen LogP contribution in [-0.4, -0.2) is 0 Å². The molecule has 4 aromatic carbocycles. The number of rotatable bonds is 4. The van der Waals surface area contributed by atoms with Gasteiger partial charge < -0.3 is 9.47 Å². The van der Waals surface area contributed by atoms with Gasteiger partial charge in [-0.2, -0.15) is 0 Å². The Bertz CT molecular complexity index is 1170. The summed E-state index contributed by atoms with van der Waals surface area (Å²) in [6.07, 6.45) is 1.57. The van der Waals surface area contributed by atoms with Crippen LogP contribution in [0.3, 0.4) is 0 Å². The lowest BCUT2D eigenvalue weighted by atomic mass is 9.99. The summed E-state index contributed by atoms with van der Waals surface area (Å²) in [6, 6.07) is 30.2. The van der Waals surface area contributed by atoms with Crippen molar-refractivity contribution in [3.63, 3.8) is 0 Å². The van der Waals surface area contributed by atoms with E-state index in [0.29, 0.717) is 0 Å². The summed E-state index contributed by atoms with van der Waals surface area (Å²) in [5, 5.41) is 0.745. The van der Waals surface area contributed by atoms with Gasteiger partial charge in [0, 0.05) is 23.4 Å². The van der Waals surface area contributed by atoms with Crippen LogP contribution in [0.4, 0.5) is 0 Å². The quantitative estimate of drug-likeness (QED) is 0.313. The lowest BCUT2D eigenvalue weighted by Gasteiger charge is -2.22. The molecule has 0 fully saturated rings. The number of halogens is 1. The maximum Gasteiger partial charge on any atom is 0.134 e. The van der Waals surface area contributed by atoms with Crippen molar-refractivity contribution in [2.24, 2.45) is 0 Å². The maximum absolute atomic E-state index is 6.41. The normalized spacial score (nSPS) is 11.9. The van der Waals surface area contributed by atoms with Crippen molar-refractivity contribution in [2.75, 3.05) is 0 Å². The Balaban J connectivity index is 1.46. The molecule has 0 aliphatic carbocycles.